The predicted octanol–water partition coefficient (Wildman–Crippen LogP) is 4.34. The van der Waals surface area contributed by atoms with Gasteiger partial charge >= 0.3 is 0 Å². The molecule has 1 aromatic carbocycles. The van der Waals surface area contributed by atoms with Gasteiger partial charge in [0.15, 0.2) is 0 Å². The summed E-state index contributed by atoms with van der Waals surface area (Å²) in [6.07, 6.45) is 6.60. The van der Waals surface area contributed by atoms with Crippen molar-refractivity contribution in [2.45, 2.75) is 38.1 Å². The predicted molar refractivity (Wildman–Crippen MR) is 78.6 cm³/mol. The number of halogens is 2. The van der Waals surface area contributed by atoms with Crippen LogP contribution < -0.4 is 10.6 Å². The lowest BCUT2D eigenvalue weighted by Gasteiger charge is -2.40. The fraction of sp³-hybridized carbons (Fsp3) is 0.571. The first-order valence-corrected chi connectivity index (χ1v) is 7.43. The maximum absolute atomic E-state index is 6.13. The Morgan fingerprint density at radius 3 is 2.61 bits per heavy atom. The van der Waals surface area contributed by atoms with Gasteiger partial charge in [0.25, 0.3) is 0 Å². The minimum atomic E-state index is 0.540. The van der Waals surface area contributed by atoms with Crippen LogP contribution >= 0.6 is 23.2 Å². The first-order chi connectivity index (χ1) is 8.66. The smallest absolute Gasteiger partial charge is 0.0618 e. The van der Waals surface area contributed by atoms with E-state index in [4.69, 9.17) is 28.9 Å². The largest absolute Gasteiger partial charge is 0.397 e. The zero-order valence-corrected chi connectivity index (χ0v) is 11.8. The Hall–Kier alpha value is -0.600. The second-order valence-electron chi connectivity index (χ2n) is 5.42. The summed E-state index contributed by atoms with van der Waals surface area (Å²) in [6, 6.07) is 4.36. The fourth-order valence-electron chi connectivity index (χ4n) is 3.55. The Morgan fingerprint density at radius 1 is 1.06 bits per heavy atom. The molecule has 0 amide bonds. The van der Waals surface area contributed by atoms with Crippen molar-refractivity contribution in [2.24, 2.45) is 5.92 Å². The molecular weight excluding hydrogens is 267 g/mol. The first kappa shape index (κ1) is 12.4. The van der Waals surface area contributed by atoms with Gasteiger partial charge in [0.1, 0.15) is 0 Å². The Kier molecular flexibility index (Phi) is 3.33. The van der Waals surface area contributed by atoms with Crippen molar-refractivity contribution in [1.29, 1.82) is 0 Å². The minimum absolute atomic E-state index is 0.540. The molecular formula is C14H18Cl2N2. The van der Waals surface area contributed by atoms with Gasteiger partial charge in [-0.15, -0.1) is 0 Å². The van der Waals surface area contributed by atoms with E-state index in [0.29, 0.717) is 16.1 Å². The molecule has 2 N–H and O–H groups in total. The van der Waals surface area contributed by atoms with Gasteiger partial charge in [-0.25, -0.2) is 0 Å². The second-order valence-corrected chi connectivity index (χ2v) is 6.23. The lowest BCUT2D eigenvalue weighted by molar-refractivity contribution is 0.363. The third-order valence-corrected chi connectivity index (χ3v) is 5.09. The van der Waals surface area contributed by atoms with Crippen LogP contribution in [0.25, 0.3) is 0 Å². The summed E-state index contributed by atoms with van der Waals surface area (Å²) in [7, 11) is 0. The van der Waals surface area contributed by atoms with E-state index < -0.39 is 0 Å². The van der Waals surface area contributed by atoms with E-state index in [0.717, 1.165) is 23.8 Å². The molecule has 18 heavy (non-hydrogen) atoms. The van der Waals surface area contributed by atoms with Gasteiger partial charge in [-0.2, -0.15) is 0 Å². The van der Waals surface area contributed by atoms with Crippen molar-refractivity contribution in [2.75, 3.05) is 17.2 Å². The van der Waals surface area contributed by atoms with Crippen LogP contribution in [0.15, 0.2) is 12.1 Å². The van der Waals surface area contributed by atoms with Crippen LogP contribution in [0, 0.1) is 5.92 Å². The highest BCUT2D eigenvalue weighted by Crippen LogP contribution is 2.42. The van der Waals surface area contributed by atoms with Gasteiger partial charge in [-0.3, -0.25) is 0 Å². The maximum Gasteiger partial charge on any atom is 0.0618 e. The van der Waals surface area contributed by atoms with E-state index in [1.54, 1.807) is 6.07 Å². The van der Waals surface area contributed by atoms with Crippen molar-refractivity contribution in [3.63, 3.8) is 0 Å². The lowest BCUT2D eigenvalue weighted by atomic mass is 9.91. The number of nitrogens with zero attached hydrogens (tertiary/aromatic N) is 1. The first-order valence-electron chi connectivity index (χ1n) is 6.68. The summed E-state index contributed by atoms with van der Waals surface area (Å²) in [4.78, 5) is 2.46. The number of hydrogen-bond acceptors (Lipinski definition) is 2. The number of hydrogen-bond donors (Lipinski definition) is 1. The molecule has 2 unspecified atom stereocenters. The van der Waals surface area contributed by atoms with Crippen LogP contribution in [-0.2, 0) is 0 Å². The van der Waals surface area contributed by atoms with Gasteiger partial charge in [-0.1, -0.05) is 29.6 Å². The van der Waals surface area contributed by atoms with Crippen molar-refractivity contribution < 1.29 is 0 Å². The Bertz CT molecular complexity index is 461. The molecule has 2 aliphatic rings. The second kappa shape index (κ2) is 4.82. The number of rotatable bonds is 1. The summed E-state index contributed by atoms with van der Waals surface area (Å²) in [5.74, 6) is 0.840. The highest BCUT2D eigenvalue weighted by molar-refractivity contribution is 6.42. The summed E-state index contributed by atoms with van der Waals surface area (Å²) >= 11 is 12.1. The molecule has 98 valence electrons. The molecule has 0 aromatic heterocycles. The quantitative estimate of drug-likeness (QED) is 0.777. The average Bonchev–Trinajstić information content (AvgIpc) is 2.82. The van der Waals surface area contributed by atoms with E-state index in [2.05, 4.69) is 4.90 Å². The molecule has 2 atom stereocenters. The molecule has 0 bridgehead atoms. The van der Waals surface area contributed by atoms with Crippen LogP contribution in [0.1, 0.15) is 32.1 Å². The van der Waals surface area contributed by atoms with Crippen molar-refractivity contribution in [3.8, 4) is 0 Å². The molecule has 1 aliphatic heterocycles. The van der Waals surface area contributed by atoms with Gasteiger partial charge in [-0.05, 0) is 43.7 Å². The normalized spacial score (nSPS) is 27.3. The van der Waals surface area contributed by atoms with Crippen LogP contribution in [0.4, 0.5) is 11.4 Å². The zero-order valence-electron chi connectivity index (χ0n) is 10.3. The third-order valence-electron chi connectivity index (χ3n) is 4.37. The topological polar surface area (TPSA) is 29.3 Å². The van der Waals surface area contributed by atoms with Crippen molar-refractivity contribution in [1.82, 2.24) is 0 Å². The number of fused-ring (bicyclic) bond motifs is 1. The molecule has 0 radical (unpaired) electrons. The van der Waals surface area contributed by atoms with Crippen LogP contribution in [0.2, 0.25) is 10.0 Å². The number of piperidine rings is 1. The van der Waals surface area contributed by atoms with E-state index in [-0.39, 0.29) is 0 Å². The number of nitrogen functional groups attached to an aromatic ring is 1. The van der Waals surface area contributed by atoms with Gasteiger partial charge in [0, 0.05) is 12.6 Å². The molecule has 2 fully saturated rings. The fourth-order valence-corrected chi connectivity index (χ4v) is 3.88. The van der Waals surface area contributed by atoms with Gasteiger partial charge in [0.2, 0.25) is 0 Å². The van der Waals surface area contributed by atoms with Crippen LogP contribution in [-0.4, -0.2) is 12.6 Å². The monoisotopic (exact) mass is 284 g/mol. The SMILES string of the molecule is Nc1cc(Cl)c(Cl)cc1N1CCCC2CCCC21. The third kappa shape index (κ3) is 2.06. The Labute approximate surface area is 118 Å². The van der Waals surface area contributed by atoms with E-state index in [1.807, 2.05) is 6.07 Å². The van der Waals surface area contributed by atoms with E-state index >= 15 is 0 Å². The molecule has 2 nitrogen and oxygen atoms in total. The molecule has 1 saturated carbocycles. The number of benzene rings is 1. The molecule has 1 saturated heterocycles. The lowest BCUT2D eigenvalue weighted by Crippen LogP contribution is -2.42. The van der Waals surface area contributed by atoms with E-state index in [9.17, 15) is 0 Å². The van der Waals surface area contributed by atoms with Crippen molar-refractivity contribution in [3.05, 3.63) is 22.2 Å². The molecule has 0 spiro atoms. The summed E-state index contributed by atoms with van der Waals surface area (Å²) in [5.41, 5.74) is 7.94. The standard InChI is InChI=1S/C14H18Cl2N2/c15-10-7-12(17)14(8-11(10)16)18-6-2-4-9-3-1-5-13(9)18/h7-9,13H,1-6,17H2. The number of anilines is 2. The highest BCUT2D eigenvalue weighted by atomic mass is 35.5. The molecule has 1 aliphatic carbocycles. The van der Waals surface area contributed by atoms with Gasteiger partial charge in [0.05, 0.1) is 21.4 Å². The average molecular weight is 285 g/mol. The summed E-state index contributed by atoms with van der Waals surface area (Å²) in [6.45, 7) is 1.09. The van der Waals surface area contributed by atoms with Gasteiger partial charge < -0.3 is 10.6 Å². The maximum atomic E-state index is 6.13. The Morgan fingerprint density at radius 2 is 1.78 bits per heavy atom. The Balaban J connectivity index is 1.96. The highest BCUT2D eigenvalue weighted by Gasteiger charge is 2.35. The number of nitrogens with two attached hydrogens (primary N) is 1. The molecule has 4 heteroatoms. The zero-order chi connectivity index (χ0) is 12.7. The summed E-state index contributed by atoms with van der Waals surface area (Å²) in [5, 5.41) is 1.14. The minimum Gasteiger partial charge on any atom is -0.397 e. The summed E-state index contributed by atoms with van der Waals surface area (Å²) < 4.78 is 0. The molecule has 1 aromatic rings. The molecule has 1 heterocycles. The van der Waals surface area contributed by atoms with Crippen LogP contribution in [0.5, 0.6) is 0 Å². The molecule has 3 rings (SSSR count). The van der Waals surface area contributed by atoms with Crippen molar-refractivity contribution >= 4 is 34.6 Å². The van der Waals surface area contributed by atoms with Crippen LogP contribution in [0.3, 0.4) is 0 Å². The van der Waals surface area contributed by atoms with E-state index in [1.165, 1.54) is 32.1 Å².